The SMILES string of the molecule is CCCCCCCCCCC(C)(CC)CC. The molecule has 0 aliphatic carbocycles. The lowest BCUT2D eigenvalue weighted by Gasteiger charge is -2.26. The van der Waals surface area contributed by atoms with E-state index >= 15 is 0 Å². The van der Waals surface area contributed by atoms with Crippen molar-refractivity contribution in [1.82, 2.24) is 0 Å². The van der Waals surface area contributed by atoms with Gasteiger partial charge in [-0.05, 0) is 11.8 Å². The third kappa shape index (κ3) is 8.19. The van der Waals surface area contributed by atoms with Gasteiger partial charge in [-0.3, -0.25) is 0 Å². The molecule has 0 nitrogen and oxygen atoms in total. The second-order valence-electron chi connectivity index (χ2n) is 5.74. The van der Waals surface area contributed by atoms with Crippen LogP contribution in [0.1, 0.15) is 98.3 Å². The van der Waals surface area contributed by atoms with Crippen LogP contribution in [-0.2, 0) is 0 Å². The van der Waals surface area contributed by atoms with E-state index in [1.54, 1.807) is 0 Å². The molecule has 0 fully saturated rings. The predicted octanol–water partition coefficient (Wildman–Crippen LogP) is 6.34. The summed E-state index contributed by atoms with van der Waals surface area (Å²) in [4.78, 5) is 0. The Hall–Kier alpha value is 0. The molecule has 0 amide bonds. The summed E-state index contributed by atoms with van der Waals surface area (Å²) in [6.45, 7) is 9.42. The highest BCUT2D eigenvalue weighted by molar-refractivity contribution is 4.70. The Balaban J connectivity index is 3.26. The first-order valence-corrected chi connectivity index (χ1v) is 7.68. The van der Waals surface area contributed by atoms with Crippen molar-refractivity contribution in [2.24, 2.45) is 5.41 Å². The van der Waals surface area contributed by atoms with Gasteiger partial charge in [0, 0.05) is 0 Å². The van der Waals surface area contributed by atoms with E-state index in [-0.39, 0.29) is 0 Å². The molecule has 0 radical (unpaired) electrons. The quantitative estimate of drug-likeness (QED) is 0.360. The molecule has 0 heterocycles. The summed E-state index contributed by atoms with van der Waals surface area (Å²) in [5.41, 5.74) is 0.627. The second-order valence-corrected chi connectivity index (χ2v) is 5.74. The van der Waals surface area contributed by atoms with Gasteiger partial charge in [-0.1, -0.05) is 91.9 Å². The summed E-state index contributed by atoms with van der Waals surface area (Å²) in [5, 5.41) is 0. The van der Waals surface area contributed by atoms with E-state index in [0.717, 1.165) is 0 Å². The normalized spacial score (nSPS) is 12.0. The van der Waals surface area contributed by atoms with Crippen LogP contribution in [-0.4, -0.2) is 0 Å². The minimum Gasteiger partial charge on any atom is -0.0654 e. The summed E-state index contributed by atoms with van der Waals surface area (Å²) >= 11 is 0. The molecule has 0 bridgehead atoms. The van der Waals surface area contributed by atoms with E-state index in [9.17, 15) is 0 Å². The minimum absolute atomic E-state index is 0.627. The van der Waals surface area contributed by atoms with Crippen LogP contribution in [0.25, 0.3) is 0 Å². The zero-order valence-electron chi connectivity index (χ0n) is 12.3. The van der Waals surface area contributed by atoms with Crippen LogP contribution in [0.15, 0.2) is 0 Å². The standard InChI is InChI=1S/C16H34/c1-5-8-9-10-11-12-13-14-15-16(4,6-2)7-3/h5-15H2,1-4H3. The molecule has 98 valence electrons. The van der Waals surface area contributed by atoms with Crippen molar-refractivity contribution in [1.29, 1.82) is 0 Å². The van der Waals surface area contributed by atoms with E-state index < -0.39 is 0 Å². The maximum atomic E-state index is 2.45. The minimum atomic E-state index is 0.627. The molecule has 0 unspecified atom stereocenters. The Morgan fingerprint density at radius 3 is 1.50 bits per heavy atom. The maximum absolute atomic E-state index is 2.45. The van der Waals surface area contributed by atoms with Crippen molar-refractivity contribution >= 4 is 0 Å². The second kappa shape index (κ2) is 10.2. The van der Waals surface area contributed by atoms with Gasteiger partial charge in [0.05, 0.1) is 0 Å². The Labute approximate surface area is 104 Å². The van der Waals surface area contributed by atoms with Crippen molar-refractivity contribution < 1.29 is 0 Å². The summed E-state index contributed by atoms with van der Waals surface area (Å²) in [6, 6.07) is 0. The molecule has 0 spiro atoms. The molecule has 0 aromatic carbocycles. The van der Waals surface area contributed by atoms with Gasteiger partial charge in [0.15, 0.2) is 0 Å². The molecule has 16 heavy (non-hydrogen) atoms. The number of unbranched alkanes of at least 4 members (excludes halogenated alkanes) is 7. The van der Waals surface area contributed by atoms with Crippen molar-refractivity contribution in [3.8, 4) is 0 Å². The Morgan fingerprint density at radius 1 is 0.625 bits per heavy atom. The zero-order chi connectivity index (χ0) is 12.3. The highest BCUT2D eigenvalue weighted by atomic mass is 14.2. The van der Waals surface area contributed by atoms with Crippen LogP contribution in [0.3, 0.4) is 0 Å². The van der Waals surface area contributed by atoms with Crippen LogP contribution >= 0.6 is 0 Å². The largest absolute Gasteiger partial charge is 0.0654 e. The van der Waals surface area contributed by atoms with Crippen LogP contribution in [0.4, 0.5) is 0 Å². The molecular weight excluding hydrogens is 192 g/mol. The van der Waals surface area contributed by atoms with Gasteiger partial charge in [0.1, 0.15) is 0 Å². The summed E-state index contributed by atoms with van der Waals surface area (Å²) in [7, 11) is 0. The number of hydrogen-bond acceptors (Lipinski definition) is 0. The summed E-state index contributed by atoms with van der Waals surface area (Å²) in [6.07, 6.45) is 15.7. The third-order valence-electron chi connectivity index (χ3n) is 4.34. The van der Waals surface area contributed by atoms with Crippen LogP contribution < -0.4 is 0 Å². The van der Waals surface area contributed by atoms with E-state index in [1.165, 1.54) is 70.6 Å². The number of rotatable bonds is 11. The molecule has 0 heteroatoms. The van der Waals surface area contributed by atoms with Crippen LogP contribution in [0, 0.1) is 5.41 Å². The first-order valence-electron chi connectivity index (χ1n) is 7.68. The van der Waals surface area contributed by atoms with E-state index in [0.29, 0.717) is 5.41 Å². The van der Waals surface area contributed by atoms with Gasteiger partial charge in [-0.2, -0.15) is 0 Å². The van der Waals surface area contributed by atoms with Gasteiger partial charge in [0.25, 0.3) is 0 Å². The van der Waals surface area contributed by atoms with Crippen LogP contribution in [0.5, 0.6) is 0 Å². The smallest absolute Gasteiger partial charge is 0.0331 e. The highest BCUT2D eigenvalue weighted by Gasteiger charge is 2.18. The molecule has 0 aliphatic rings. The van der Waals surface area contributed by atoms with Gasteiger partial charge in [-0.25, -0.2) is 0 Å². The lowest BCUT2D eigenvalue weighted by atomic mass is 9.80. The first-order chi connectivity index (χ1) is 7.68. The molecule has 0 rings (SSSR count). The lowest BCUT2D eigenvalue weighted by Crippen LogP contribution is -2.13. The van der Waals surface area contributed by atoms with Crippen molar-refractivity contribution in [3.05, 3.63) is 0 Å². The number of hydrogen-bond donors (Lipinski definition) is 0. The van der Waals surface area contributed by atoms with E-state index in [1.807, 2.05) is 0 Å². The molecule has 0 aliphatic heterocycles. The molecule has 0 saturated carbocycles. The maximum Gasteiger partial charge on any atom is -0.0331 e. The fraction of sp³-hybridized carbons (Fsp3) is 1.00. The predicted molar refractivity (Wildman–Crippen MR) is 75.9 cm³/mol. The Morgan fingerprint density at radius 2 is 1.06 bits per heavy atom. The zero-order valence-corrected chi connectivity index (χ0v) is 12.3. The van der Waals surface area contributed by atoms with Gasteiger partial charge in [0.2, 0.25) is 0 Å². The lowest BCUT2D eigenvalue weighted by molar-refractivity contribution is 0.262. The summed E-state index contributed by atoms with van der Waals surface area (Å²) < 4.78 is 0. The monoisotopic (exact) mass is 226 g/mol. The topological polar surface area (TPSA) is 0 Å². The Bertz CT molecular complexity index is 133. The average molecular weight is 226 g/mol. The van der Waals surface area contributed by atoms with Gasteiger partial charge >= 0.3 is 0 Å². The Kier molecular flexibility index (Phi) is 10.2. The van der Waals surface area contributed by atoms with Crippen LogP contribution in [0.2, 0.25) is 0 Å². The fourth-order valence-electron chi connectivity index (χ4n) is 2.29. The van der Waals surface area contributed by atoms with Gasteiger partial charge in [-0.15, -0.1) is 0 Å². The molecule has 0 aromatic rings. The van der Waals surface area contributed by atoms with E-state index in [2.05, 4.69) is 27.7 Å². The first kappa shape index (κ1) is 16.0. The van der Waals surface area contributed by atoms with E-state index in [4.69, 9.17) is 0 Å². The molecule has 0 atom stereocenters. The fourth-order valence-corrected chi connectivity index (χ4v) is 2.29. The van der Waals surface area contributed by atoms with Crippen molar-refractivity contribution in [2.75, 3.05) is 0 Å². The van der Waals surface area contributed by atoms with Crippen molar-refractivity contribution in [2.45, 2.75) is 98.3 Å². The molecule has 0 saturated heterocycles. The van der Waals surface area contributed by atoms with Gasteiger partial charge < -0.3 is 0 Å². The third-order valence-corrected chi connectivity index (χ3v) is 4.34. The molecular formula is C16H34. The van der Waals surface area contributed by atoms with Crippen molar-refractivity contribution in [3.63, 3.8) is 0 Å². The summed E-state index contributed by atoms with van der Waals surface area (Å²) in [5.74, 6) is 0. The molecule has 0 N–H and O–H groups in total. The highest BCUT2D eigenvalue weighted by Crippen LogP contribution is 2.31. The molecule has 0 aromatic heterocycles. The average Bonchev–Trinajstić information content (AvgIpc) is 2.32.